The molecule has 4 amide bonds. The van der Waals surface area contributed by atoms with Crippen molar-refractivity contribution in [3.63, 3.8) is 0 Å². The van der Waals surface area contributed by atoms with Crippen LogP contribution in [0, 0.1) is 0 Å². The Balaban J connectivity index is 1.81. The topological polar surface area (TPSA) is 135 Å². The Kier molecular flexibility index (Phi) is 5.66. The Morgan fingerprint density at radius 2 is 2.04 bits per heavy atom. The maximum Gasteiger partial charge on any atom is 0.410 e. The van der Waals surface area contributed by atoms with E-state index < -0.39 is 42.1 Å². The number of carbonyl (C=O) groups is 4. The molecule has 1 aromatic heterocycles. The number of likely N-dealkylation sites (tertiary alicyclic amines) is 1. The number of nitrogens with one attached hydrogen (secondary N) is 1. The molecule has 3 heterocycles. The van der Waals surface area contributed by atoms with Gasteiger partial charge in [0.15, 0.2) is 6.04 Å². The maximum atomic E-state index is 13.0. The summed E-state index contributed by atoms with van der Waals surface area (Å²) in [7, 11) is 1.43. The predicted octanol–water partition coefficient (Wildman–Crippen LogP) is -0.343. The molecule has 0 radical (unpaired) electrons. The minimum Gasteiger partial charge on any atom is -0.444 e. The first-order valence-electron chi connectivity index (χ1n) is 8.94. The van der Waals surface area contributed by atoms with E-state index in [2.05, 4.69) is 10.3 Å². The summed E-state index contributed by atoms with van der Waals surface area (Å²) in [5, 5.41) is 4.18. The highest BCUT2D eigenvalue weighted by Gasteiger charge is 2.47. The molecule has 2 unspecified atom stereocenters. The first-order chi connectivity index (χ1) is 13.2. The number of cyclic esters (lactones) is 1. The van der Waals surface area contributed by atoms with Gasteiger partial charge in [0.2, 0.25) is 11.8 Å². The molecular formula is C17H23N5O5S. The van der Waals surface area contributed by atoms with Crippen LogP contribution < -0.4 is 11.1 Å². The van der Waals surface area contributed by atoms with E-state index in [0.29, 0.717) is 18.7 Å². The SMILES string of the molecule is CC1OC(=O)N(C)C1C(=O)NC(=O)[C@@H]1[C@@H](c2cscn2)CCN1C(=O)[C@H](C)N. The van der Waals surface area contributed by atoms with Crippen molar-refractivity contribution in [1.29, 1.82) is 0 Å². The number of thiazole rings is 1. The molecule has 10 nitrogen and oxygen atoms in total. The van der Waals surface area contributed by atoms with Gasteiger partial charge in [-0.2, -0.15) is 0 Å². The van der Waals surface area contributed by atoms with Gasteiger partial charge < -0.3 is 15.4 Å². The van der Waals surface area contributed by atoms with Crippen molar-refractivity contribution >= 4 is 35.2 Å². The molecule has 0 spiro atoms. The number of amides is 4. The van der Waals surface area contributed by atoms with Gasteiger partial charge in [0.05, 0.1) is 17.2 Å². The van der Waals surface area contributed by atoms with E-state index in [4.69, 9.17) is 10.5 Å². The predicted molar refractivity (Wildman–Crippen MR) is 99.3 cm³/mol. The average Bonchev–Trinajstić information content (AvgIpc) is 3.33. The van der Waals surface area contributed by atoms with Gasteiger partial charge in [-0.1, -0.05) is 0 Å². The average molecular weight is 409 g/mol. The van der Waals surface area contributed by atoms with Crippen LogP contribution in [0.4, 0.5) is 4.79 Å². The van der Waals surface area contributed by atoms with Crippen LogP contribution >= 0.6 is 11.3 Å². The number of nitrogens with zero attached hydrogens (tertiary/aromatic N) is 3. The molecule has 11 heteroatoms. The molecule has 1 aromatic rings. The van der Waals surface area contributed by atoms with E-state index in [1.807, 2.05) is 5.38 Å². The normalized spacial score (nSPS) is 28.2. The van der Waals surface area contributed by atoms with E-state index in [9.17, 15) is 19.2 Å². The van der Waals surface area contributed by atoms with E-state index in [0.717, 1.165) is 4.90 Å². The number of rotatable bonds is 4. The first kappa shape index (κ1) is 20.2. The summed E-state index contributed by atoms with van der Waals surface area (Å²) in [6, 6.07) is -2.59. The number of ether oxygens (including phenoxy) is 1. The number of hydrogen-bond donors (Lipinski definition) is 2. The Labute approximate surface area is 166 Å². The Bertz CT molecular complexity index is 783. The van der Waals surface area contributed by atoms with Crippen molar-refractivity contribution in [3.05, 3.63) is 16.6 Å². The number of imide groups is 1. The van der Waals surface area contributed by atoms with Crippen molar-refractivity contribution in [2.75, 3.05) is 13.6 Å². The largest absolute Gasteiger partial charge is 0.444 e. The van der Waals surface area contributed by atoms with Gasteiger partial charge in [0.1, 0.15) is 12.1 Å². The Morgan fingerprint density at radius 3 is 2.57 bits per heavy atom. The lowest BCUT2D eigenvalue weighted by atomic mass is 9.96. The van der Waals surface area contributed by atoms with Gasteiger partial charge >= 0.3 is 6.09 Å². The summed E-state index contributed by atoms with van der Waals surface area (Å²) in [6.07, 6.45) is -0.782. The van der Waals surface area contributed by atoms with Crippen LogP contribution in [0.2, 0.25) is 0 Å². The molecule has 3 N–H and O–H groups in total. The van der Waals surface area contributed by atoms with Crippen LogP contribution in [-0.4, -0.2) is 76.4 Å². The highest BCUT2D eigenvalue weighted by Crippen LogP contribution is 2.34. The van der Waals surface area contributed by atoms with E-state index >= 15 is 0 Å². The zero-order chi connectivity index (χ0) is 20.6. The van der Waals surface area contributed by atoms with E-state index in [1.54, 1.807) is 19.4 Å². The lowest BCUT2D eigenvalue weighted by Gasteiger charge is -2.28. The van der Waals surface area contributed by atoms with Crippen molar-refractivity contribution < 1.29 is 23.9 Å². The fraction of sp³-hybridized carbons (Fsp3) is 0.588. The second kappa shape index (κ2) is 7.84. The molecule has 2 fully saturated rings. The van der Waals surface area contributed by atoms with Crippen molar-refractivity contribution in [2.24, 2.45) is 5.73 Å². The molecule has 2 aliphatic rings. The zero-order valence-corrected chi connectivity index (χ0v) is 16.6. The van der Waals surface area contributed by atoms with Gasteiger partial charge in [-0.05, 0) is 20.3 Å². The minimum atomic E-state index is -0.923. The standard InChI is InChI=1S/C17H23N5O5S/c1-8(18)16(25)22-5-4-10(11-6-28-7-19-11)13(22)15(24)20-14(23)12-9(2)27-17(26)21(12)3/h6-10,12-13H,4-5,18H2,1-3H3,(H,20,23,24)/t8-,9?,10+,12?,13-/m0/s1. The van der Waals surface area contributed by atoms with Gasteiger partial charge in [0, 0.05) is 24.9 Å². The van der Waals surface area contributed by atoms with Gasteiger partial charge in [-0.15, -0.1) is 11.3 Å². The molecule has 5 atom stereocenters. The molecule has 0 bridgehead atoms. The highest BCUT2D eigenvalue weighted by molar-refractivity contribution is 7.07. The second-order valence-electron chi connectivity index (χ2n) is 7.07. The van der Waals surface area contributed by atoms with Gasteiger partial charge in [0.25, 0.3) is 5.91 Å². The summed E-state index contributed by atoms with van der Waals surface area (Å²) in [4.78, 5) is 56.6. The Morgan fingerprint density at radius 1 is 1.36 bits per heavy atom. The van der Waals surface area contributed by atoms with Crippen LogP contribution in [0.5, 0.6) is 0 Å². The minimum absolute atomic E-state index is 0.335. The van der Waals surface area contributed by atoms with Crippen LogP contribution in [0.15, 0.2) is 10.9 Å². The summed E-state index contributed by atoms with van der Waals surface area (Å²) in [6.45, 7) is 3.47. The van der Waals surface area contributed by atoms with Crippen molar-refractivity contribution in [1.82, 2.24) is 20.1 Å². The summed E-state index contributed by atoms with van der Waals surface area (Å²) >= 11 is 1.39. The third kappa shape index (κ3) is 3.59. The fourth-order valence-electron chi connectivity index (χ4n) is 3.73. The van der Waals surface area contributed by atoms with Crippen LogP contribution in [0.25, 0.3) is 0 Å². The third-order valence-corrected chi connectivity index (χ3v) is 5.73. The Hall–Kier alpha value is -2.53. The van der Waals surface area contributed by atoms with E-state index in [1.165, 1.54) is 23.3 Å². The second-order valence-corrected chi connectivity index (χ2v) is 7.79. The van der Waals surface area contributed by atoms with Crippen LogP contribution in [0.3, 0.4) is 0 Å². The fourth-order valence-corrected chi connectivity index (χ4v) is 4.35. The number of carbonyl (C=O) groups excluding carboxylic acids is 4. The quantitative estimate of drug-likeness (QED) is 0.649. The molecule has 3 rings (SSSR count). The molecule has 28 heavy (non-hydrogen) atoms. The lowest BCUT2D eigenvalue weighted by Crippen LogP contribution is -2.56. The van der Waals surface area contributed by atoms with Crippen LogP contribution in [-0.2, 0) is 19.1 Å². The first-order valence-corrected chi connectivity index (χ1v) is 9.89. The number of aromatic nitrogens is 1. The monoisotopic (exact) mass is 409 g/mol. The van der Waals surface area contributed by atoms with Crippen molar-refractivity contribution in [3.8, 4) is 0 Å². The molecule has 0 aromatic carbocycles. The summed E-state index contributed by atoms with van der Waals surface area (Å²) in [5.74, 6) is -1.97. The molecule has 0 aliphatic carbocycles. The molecule has 0 saturated carbocycles. The van der Waals surface area contributed by atoms with E-state index in [-0.39, 0.29) is 11.8 Å². The number of hydrogen-bond acceptors (Lipinski definition) is 8. The highest BCUT2D eigenvalue weighted by atomic mass is 32.1. The lowest BCUT2D eigenvalue weighted by molar-refractivity contribution is -0.142. The molecule has 152 valence electrons. The molecule has 2 aliphatic heterocycles. The smallest absolute Gasteiger partial charge is 0.410 e. The molecular weight excluding hydrogens is 386 g/mol. The third-order valence-electron chi connectivity index (χ3n) is 5.12. The number of nitrogens with two attached hydrogens (primary N) is 1. The van der Waals surface area contributed by atoms with Gasteiger partial charge in [-0.25, -0.2) is 9.78 Å². The van der Waals surface area contributed by atoms with Gasteiger partial charge in [-0.3, -0.25) is 24.6 Å². The van der Waals surface area contributed by atoms with Crippen LogP contribution in [0.1, 0.15) is 31.9 Å². The summed E-state index contributed by atoms with van der Waals surface area (Å²) < 4.78 is 5.01. The van der Waals surface area contributed by atoms with Crippen molar-refractivity contribution in [2.45, 2.75) is 50.4 Å². The summed E-state index contributed by atoms with van der Waals surface area (Å²) in [5.41, 5.74) is 8.08. The molecule has 2 saturated heterocycles. The zero-order valence-electron chi connectivity index (χ0n) is 15.8. The number of likely N-dealkylation sites (N-methyl/N-ethyl adjacent to an activating group) is 1. The maximum absolute atomic E-state index is 13.0.